The number of aromatic nitrogens is 2. The van der Waals surface area contributed by atoms with Crippen LogP contribution < -0.4 is 10.1 Å². The minimum Gasteiger partial charge on any atom is -0.496 e. The van der Waals surface area contributed by atoms with Crippen molar-refractivity contribution in [1.82, 2.24) is 14.9 Å². The number of aromatic amines is 1. The zero-order valence-corrected chi connectivity index (χ0v) is 20.8. The summed E-state index contributed by atoms with van der Waals surface area (Å²) < 4.78 is 33.8. The molecule has 7 nitrogen and oxygen atoms in total. The molecule has 1 aliphatic heterocycles. The number of benzene rings is 1. The molecule has 1 aliphatic carbocycles. The van der Waals surface area contributed by atoms with Gasteiger partial charge >= 0.3 is 5.97 Å². The Balaban J connectivity index is 1.56. The summed E-state index contributed by atoms with van der Waals surface area (Å²) in [6.07, 6.45) is 2.98. The van der Waals surface area contributed by atoms with Gasteiger partial charge in [-0.15, -0.1) is 0 Å². The summed E-state index contributed by atoms with van der Waals surface area (Å²) >= 11 is 0. The Labute approximate surface area is 208 Å². The number of H-pyrrole nitrogens is 1. The molecule has 0 amide bonds. The maximum absolute atomic E-state index is 14.0. The second-order valence-electron chi connectivity index (χ2n) is 10.3. The van der Waals surface area contributed by atoms with Crippen LogP contribution >= 0.6 is 0 Å². The molecule has 1 saturated carbocycles. The van der Waals surface area contributed by atoms with Gasteiger partial charge < -0.3 is 20.1 Å². The van der Waals surface area contributed by atoms with E-state index in [0.717, 1.165) is 33.3 Å². The highest BCUT2D eigenvalue weighted by molar-refractivity contribution is 5.88. The number of hydrogen-bond donors (Lipinski definition) is 3. The van der Waals surface area contributed by atoms with Gasteiger partial charge in [0.25, 0.3) is 0 Å². The second-order valence-corrected chi connectivity index (χ2v) is 10.3. The monoisotopic (exact) mass is 498 g/mol. The number of carboxylic acids is 1. The molecule has 5 rings (SSSR count). The number of aromatic carboxylic acids is 1. The molecule has 2 aliphatic rings. The van der Waals surface area contributed by atoms with Crippen molar-refractivity contribution in [3.8, 4) is 5.75 Å². The maximum Gasteiger partial charge on any atom is 0.354 e. The number of likely N-dealkylation sites (tertiary alicyclic amines) is 1. The highest BCUT2D eigenvalue weighted by atomic mass is 19.3. The van der Waals surface area contributed by atoms with Crippen molar-refractivity contribution in [2.24, 2.45) is 5.41 Å². The molecule has 3 heterocycles. The number of methoxy groups -OCH3 is 1. The molecule has 3 N–H and O–H groups in total. The quantitative estimate of drug-likeness (QED) is 0.384. The fourth-order valence-corrected chi connectivity index (χ4v) is 6.19. The number of fused-ring (bicyclic) bond motifs is 1. The molecular formula is C27H32F2N4O3. The topological polar surface area (TPSA) is 90.5 Å². The van der Waals surface area contributed by atoms with Crippen LogP contribution in [0.4, 0.5) is 14.6 Å². The molecule has 2 fully saturated rings. The van der Waals surface area contributed by atoms with Crippen LogP contribution in [0.25, 0.3) is 10.9 Å². The predicted molar refractivity (Wildman–Crippen MR) is 134 cm³/mol. The van der Waals surface area contributed by atoms with E-state index < -0.39 is 17.3 Å². The van der Waals surface area contributed by atoms with E-state index in [1.54, 1.807) is 13.2 Å². The number of halogens is 2. The number of nitrogens with zero attached hydrogens (tertiary/aromatic N) is 2. The van der Waals surface area contributed by atoms with Gasteiger partial charge in [0.15, 0.2) is 5.69 Å². The number of alkyl halides is 2. The average molecular weight is 499 g/mol. The Morgan fingerprint density at radius 1 is 1.33 bits per heavy atom. The molecule has 1 spiro atoms. The summed E-state index contributed by atoms with van der Waals surface area (Å²) in [5.74, 6) is -2.42. The SMILES string of the molecule is CCNc1nc(C(=O)O)ccc1C1CC2(CCN1Cc1c(OC)cc(C)c3[nH]ccc13)CC(F)(F)C2. The molecule has 0 bridgehead atoms. The number of pyridine rings is 1. The predicted octanol–water partition coefficient (Wildman–Crippen LogP) is 5.76. The van der Waals surface area contributed by atoms with Gasteiger partial charge in [0.05, 0.1) is 7.11 Å². The first-order valence-electron chi connectivity index (χ1n) is 12.4. The average Bonchev–Trinajstić information content (AvgIpc) is 3.31. The zero-order valence-electron chi connectivity index (χ0n) is 20.8. The van der Waals surface area contributed by atoms with Crippen LogP contribution in [0, 0.1) is 12.3 Å². The van der Waals surface area contributed by atoms with Gasteiger partial charge in [-0.25, -0.2) is 18.6 Å². The number of nitrogens with one attached hydrogen (secondary N) is 2. The number of carbonyl (C=O) groups is 1. The summed E-state index contributed by atoms with van der Waals surface area (Å²) in [5, 5.41) is 13.8. The fourth-order valence-electron chi connectivity index (χ4n) is 6.19. The zero-order chi connectivity index (χ0) is 25.7. The van der Waals surface area contributed by atoms with E-state index in [4.69, 9.17) is 4.74 Å². The first-order chi connectivity index (χ1) is 17.1. The van der Waals surface area contributed by atoms with E-state index in [-0.39, 0.29) is 24.6 Å². The number of aryl methyl sites for hydroxylation is 1. The summed E-state index contributed by atoms with van der Waals surface area (Å²) in [6, 6.07) is 7.17. The number of piperidine rings is 1. The third-order valence-corrected chi connectivity index (χ3v) is 7.81. The first kappa shape index (κ1) is 24.5. The lowest BCUT2D eigenvalue weighted by Crippen LogP contribution is -2.53. The Morgan fingerprint density at radius 3 is 2.78 bits per heavy atom. The van der Waals surface area contributed by atoms with Gasteiger partial charge in [0, 0.05) is 60.2 Å². The number of carboxylic acid groups (broad SMARTS) is 1. The van der Waals surface area contributed by atoms with Crippen LogP contribution in [0.1, 0.15) is 65.8 Å². The Bertz CT molecular complexity index is 1300. The lowest BCUT2D eigenvalue weighted by atomic mass is 9.59. The van der Waals surface area contributed by atoms with Crippen molar-refractivity contribution in [1.29, 1.82) is 0 Å². The third-order valence-electron chi connectivity index (χ3n) is 7.81. The van der Waals surface area contributed by atoms with Crippen LogP contribution in [-0.2, 0) is 6.54 Å². The summed E-state index contributed by atoms with van der Waals surface area (Å²) in [6.45, 7) is 5.74. The Hall–Kier alpha value is -3.20. The van der Waals surface area contributed by atoms with E-state index >= 15 is 0 Å². The molecular weight excluding hydrogens is 466 g/mol. The van der Waals surface area contributed by atoms with Crippen LogP contribution in [0.2, 0.25) is 0 Å². The standard InChI is InChI=1S/C27H32F2N4O3/c1-4-30-24-18(5-6-20(32-24)25(34)35)21-12-26(14-27(28,29)15-26)8-10-33(21)13-19-17-7-9-31-23(17)16(2)11-22(19)36-3/h5-7,9,11,21,31H,4,8,10,12-15H2,1-3H3,(H,30,32)(H,34,35). The van der Waals surface area contributed by atoms with Crippen molar-refractivity contribution in [3.05, 3.63) is 52.8 Å². The molecule has 3 aromatic rings. The van der Waals surface area contributed by atoms with Gasteiger partial charge in [0.1, 0.15) is 11.6 Å². The maximum atomic E-state index is 14.0. The molecule has 0 radical (unpaired) electrons. The number of ether oxygens (including phenoxy) is 1. The van der Waals surface area contributed by atoms with E-state index in [0.29, 0.717) is 38.3 Å². The van der Waals surface area contributed by atoms with Gasteiger partial charge in [-0.3, -0.25) is 4.90 Å². The minimum absolute atomic E-state index is 0.0452. The number of hydrogen-bond acceptors (Lipinski definition) is 5. The van der Waals surface area contributed by atoms with Gasteiger partial charge in [-0.05, 0) is 62.4 Å². The molecule has 192 valence electrons. The minimum atomic E-state index is -2.61. The van der Waals surface area contributed by atoms with Crippen molar-refractivity contribution >= 4 is 22.7 Å². The summed E-state index contributed by atoms with van der Waals surface area (Å²) in [5.41, 5.74) is 3.56. The van der Waals surface area contributed by atoms with E-state index in [9.17, 15) is 18.7 Å². The largest absolute Gasteiger partial charge is 0.496 e. The van der Waals surface area contributed by atoms with Crippen LogP contribution in [0.15, 0.2) is 30.5 Å². The smallest absolute Gasteiger partial charge is 0.354 e. The lowest BCUT2D eigenvalue weighted by molar-refractivity contribution is -0.186. The van der Waals surface area contributed by atoms with E-state index in [1.807, 2.05) is 32.2 Å². The molecule has 1 saturated heterocycles. The van der Waals surface area contributed by atoms with Gasteiger partial charge in [-0.2, -0.15) is 0 Å². The number of anilines is 1. The highest BCUT2D eigenvalue weighted by Crippen LogP contribution is 2.61. The normalized spacial score (nSPS) is 20.9. The third kappa shape index (κ3) is 4.30. The highest BCUT2D eigenvalue weighted by Gasteiger charge is 2.58. The van der Waals surface area contributed by atoms with E-state index in [2.05, 4.69) is 20.2 Å². The van der Waals surface area contributed by atoms with Crippen molar-refractivity contribution in [3.63, 3.8) is 0 Å². The molecule has 36 heavy (non-hydrogen) atoms. The van der Waals surface area contributed by atoms with Gasteiger partial charge in [0.2, 0.25) is 5.92 Å². The molecule has 1 atom stereocenters. The second kappa shape index (κ2) is 9.03. The summed E-state index contributed by atoms with van der Waals surface area (Å²) in [4.78, 5) is 21.6. The van der Waals surface area contributed by atoms with Crippen molar-refractivity contribution in [2.75, 3.05) is 25.5 Å². The fraction of sp³-hybridized carbons (Fsp3) is 0.481. The van der Waals surface area contributed by atoms with Crippen LogP contribution in [-0.4, -0.2) is 52.1 Å². The van der Waals surface area contributed by atoms with Crippen LogP contribution in [0.3, 0.4) is 0 Å². The number of rotatable bonds is 7. The lowest BCUT2D eigenvalue weighted by Gasteiger charge is -2.54. The first-order valence-corrected chi connectivity index (χ1v) is 12.4. The summed E-state index contributed by atoms with van der Waals surface area (Å²) in [7, 11) is 1.66. The molecule has 2 aromatic heterocycles. The Kier molecular flexibility index (Phi) is 6.14. The molecule has 9 heteroatoms. The Morgan fingerprint density at radius 2 is 2.11 bits per heavy atom. The van der Waals surface area contributed by atoms with Crippen LogP contribution in [0.5, 0.6) is 5.75 Å². The molecule has 1 aromatic carbocycles. The van der Waals surface area contributed by atoms with E-state index in [1.165, 1.54) is 6.07 Å². The van der Waals surface area contributed by atoms with Crippen molar-refractivity contribution < 1.29 is 23.4 Å². The molecule has 1 unspecified atom stereocenters. The van der Waals surface area contributed by atoms with Gasteiger partial charge in [-0.1, -0.05) is 6.07 Å². The van der Waals surface area contributed by atoms with Crippen molar-refractivity contribution in [2.45, 2.75) is 58.0 Å².